The number of amides is 4. The summed E-state index contributed by atoms with van der Waals surface area (Å²) in [5, 5.41) is 22.5. The molecular weight excluding hydrogens is 589 g/mol. The minimum atomic E-state index is -0.985. The first kappa shape index (κ1) is 36.1. The second-order valence-electron chi connectivity index (χ2n) is 10.5. The zero-order chi connectivity index (χ0) is 32.6. The molecule has 0 saturated heterocycles. The van der Waals surface area contributed by atoms with Gasteiger partial charge in [-0.1, -0.05) is 53.6 Å². The van der Waals surface area contributed by atoms with Crippen LogP contribution in [0.25, 0.3) is 0 Å². The van der Waals surface area contributed by atoms with E-state index in [2.05, 4.69) is 35.7 Å². The van der Waals surface area contributed by atoms with Gasteiger partial charge in [0.2, 0.25) is 23.6 Å². The molecule has 3 atom stereocenters. The van der Waals surface area contributed by atoms with Gasteiger partial charge in [-0.2, -0.15) is 0 Å². The van der Waals surface area contributed by atoms with Crippen LogP contribution < -0.4 is 35.8 Å². The highest BCUT2D eigenvalue weighted by Gasteiger charge is 2.28. The number of benzene rings is 2. The fourth-order valence-electron chi connectivity index (χ4n) is 4.24. The molecule has 3 unspecified atom stereocenters. The number of esters is 1. The van der Waals surface area contributed by atoms with Crippen molar-refractivity contribution in [3.63, 3.8) is 0 Å². The smallest absolute Gasteiger partial charge is 0.330 e. The second-order valence-corrected chi connectivity index (χ2v) is 10.9. The molecule has 0 heterocycles. The largest absolute Gasteiger partial charge is 0.493 e. The van der Waals surface area contributed by atoms with Crippen molar-refractivity contribution in [3.05, 3.63) is 59.2 Å². The maximum atomic E-state index is 13.3. The molecule has 0 bridgehead atoms. The summed E-state index contributed by atoms with van der Waals surface area (Å²) in [5.74, 6) is -2.70. The van der Waals surface area contributed by atoms with Crippen molar-refractivity contribution in [1.82, 2.24) is 26.4 Å². The van der Waals surface area contributed by atoms with Gasteiger partial charge in [-0.05, 0) is 42.5 Å². The molecule has 0 saturated carbocycles. The Kier molecular flexibility index (Phi) is 15.2. The van der Waals surface area contributed by atoms with Crippen molar-refractivity contribution in [1.29, 1.82) is 0 Å². The first-order chi connectivity index (χ1) is 21.0. The van der Waals surface area contributed by atoms with Crippen LogP contribution in [-0.2, 0) is 37.0 Å². The highest BCUT2D eigenvalue weighted by molar-refractivity contribution is 7.13. The van der Waals surface area contributed by atoms with E-state index in [1.807, 2.05) is 44.2 Å². The van der Waals surface area contributed by atoms with Crippen molar-refractivity contribution >= 4 is 39.0 Å². The Labute approximate surface area is 259 Å². The lowest BCUT2D eigenvalue weighted by atomic mass is 10.0. The summed E-state index contributed by atoms with van der Waals surface area (Å²) in [6, 6.07) is 10.5. The van der Waals surface area contributed by atoms with Crippen LogP contribution in [-0.4, -0.2) is 73.5 Å². The van der Waals surface area contributed by atoms with Gasteiger partial charge in [-0.25, -0.2) is 4.79 Å². The van der Waals surface area contributed by atoms with Gasteiger partial charge >= 0.3 is 5.97 Å². The van der Waals surface area contributed by atoms with E-state index >= 15 is 0 Å². The normalized spacial score (nSPS) is 12.1. The summed E-state index contributed by atoms with van der Waals surface area (Å²) < 4.78 is 10.5. The van der Waals surface area contributed by atoms with Crippen LogP contribution >= 0.6 is 9.39 Å². The van der Waals surface area contributed by atoms with E-state index in [1.54, 1.807) is 19.1 Å². The van der Waals surface area contributed by atoms with Crippen LogP contribution in [0.15, 0.2) is 42.5 Å². The molecule has 0 radical (unpaired) electrons. The molecule has 0 aromatic heterocycles. The third-order valence-electron chi connectivity index (χ3n) is 6.27. The quantitative estimate of drug-likeness (QED) is 0.0811. The summed E-state index contributed by atoms with van der Waals surface area (Å²) in [6.45, 7) is 4.17. The molecule has 2 aromatic carbocycles. The van der Waals surface area contributed by atoms with E-state index in [1.165, 1.54) is 7.11 Å². The SMILES string of the molecule is COc1cc(C)cc(CO)c1OC(=O)CNC(=O)CNC(=O)C(CC(C)C)NC(=O)C(Cc1ccccc1)NC(=O)CNP. The van der Waals surface area contributed by atoms with Crippen LogP contribution in [0, 0.1) is 12.8 Å². The van der Waals surface area contributed by atoms with Gasteiger partial charge in [0.25, 0.3) is 0 Å². The van der Waals surface area contributed by atoms with Gasteiger partial charge in [-0.15, -0.1) is 0 Å². The molecule has 0 aliphatic heterocycles. The highest BCUT2D eigenvalue weighted by atomic mass is 31.0. The molecule has 13 nitrogen and oxygen atoms in total. The molecule has 2 aromatic rings. The lowest BCUT2D eigenvalue weighted by molar-refractivity contribution is -0.136. The summed E-state index contributed by atoms with van der Waals surface area (Å²) in [7, 11) is 3.61. The number of carbonyl (C=O) groups is 5. The van der Waals surface area contributed by atoms with E-state index in [0.717, 1.165) is 11.1 Å². The van der Waals surface area contributed by atoms with Crippen molar-refractivity contribution in [3.8, 4) is 11.5 Å². The number of ether oxygens (including phenoxy) is 2. The maximum absolute atomic E-state index is 13.3. The van der Waals surface area contributed by atoms with Crippen LogP contribution in [0.4, 0.5) is 0 Å². The molecule has 44 heavy (non-hydrogen) atoms. The molecule has 4 amide bonds. The molecule has 14 heteroatoms. The Morgan fingerprint density at radius 3 is 2.20 bits per heavy atom. The van der Waals surface area contributed by atoms with E-state index in [9.17, 15) is 29.1 Å². The summed E-state index contributed by atoms with van der Waals surface area (Å²) in [4.78, 5) is 63.4. The third kappa shape index (κ3) is 12.3. The Bertz CT molecular complexity index is 1270. The molecule has 2 rings (SSSR count). The Morgan fingerprint density at radius 2 is 1.59 bits per heavy atom. The topological polar surface area (TPSA) is 184 Å². The van der Waals surface area contributed by atoms with Crippen molar-refractivity contribution in [2.45, 2.75) is 52.3 Å². The van der Waals surface area contributed by atoms with Gasteiger partial charge < -0.3 is 35.8 Å². The van der Waals surface area contributed by atoms with Crippen LogP contribution in [0.5, 0.6) is 11.5 Å². The molecule has 0 spiro atoms. The molecule has 0 aliphatic carbocycles. The Hall–Kier alpha value is -4.06. The number of methoxy groups -OCH3 is 1. The number of aryl methyl sites for hydroxylation is 1. The van der Waals surface area contributed by atoms with E-state index in [-0.39, 0.29) is 43.4 Å². The first-order valence-electron chi connectivity index (χ1n) is 14.1. The summed E-state index contributed by atoms with van der Waals surface area (Å²) in [5.41, 5.74) is 1.96. The molecule has 0 aliphatic rings. The average Bonchev–Trinajstić information content (AvgIpc) is 2.99. The monoisotopic (exact) mass is 631 g/mol. The number of aliphatic hydroxyl groups is 1. The minimum absolute atomic E-state index is 0.0145. The van der Waals surface area contributed by atoms with Gasteiger partial charge in [0.1, 0.15) is 18.6 Å². The zero-order valence-electron chi connectivity index (χ0n) is 25.4. The molecule has 240 valence electrons. The Balaban J connectivity index is 1.98. The standard InChI is InChI=1S/C30H42N5O8P/c1-18(2)10-22(35-30(41)23(34-26(38)15-33-44)13-20-8-6-5-7-9-20)29(40)32-14-25(37)31-16-27(39)43-28-21(17-36)11-19(3)12-24(28)42-4/h5-9,11-12,18,22-23,33,36H,10,13-17,44H2,1-4H3,(H,31,37)(H,32,40)(H,34,38)(H,35,41). The number of nitrogens with one attached hydrogen (secondary N) is 5. The third-order valence-corrected chi connectivity index (χ3v) is 6.48. The average molecular weight is 632 g/mol. The maximum Gasteiger partial charge on any atom is 0.330 e. The predicted molar refractivity (Wildman–Crippen MR) is 166 cm³/mol. The number of hydrogen-bond donors (Lipinski definition) is 6. The molecular formula is C30H42N5O8P. The molecule has 0 fully saturated rings. The Morgan fingerprint density at radius 1 is 0.886 bits per heavy atom. The van der Waals surface area contributed by atoms with Gasteiger partial charge in [0, 0.05) is 12.0 Å². The van der Waals surface area contributed by atoms with E-state index in [4.69, 9.17) is 9.47 Å². The van der Waals surface area contributed by atoms with Crippen LogP contribution in [0.2, 0.25) is 0 Å². The number of aliphatic hydroxyl groups excluding tert-OH is 1. The second kappa shape index (κ2) is 18.6. The molecule has 6 N–H and O–H groups in total. The fourth-order valence-corrected chi connectivity index (χ4v) is 4.43. The van der Waals surface area contributed by atoms with E-state index < -0.39 is 54.8 Å². The zero-order valence-corrected chi connectivity index (χ0v) is 26.6. The fraction of sp³-hybridized carbons (Fsp3) is 0.433. The summed E-state index contributed by atoms with van der Waals surface area (Å²) in [6.07, 6.45) is 0.480. The highest BCUT2D eigenvalue weighted by Crippen LogP contribution is 2.33. The number of rotatable bonds is 17. The van der Waals surface area contributed by atoms with Crippen molar-refractivity contribution in [2.75, 3.05) is 26.7 Å². The lowest BCUT2D eigenvalue weighted by Gasteiger charge is -2.24. The predicted octanol–water partition coefficient (Wildman–Crippen LogP) is 0.272. The van der Waals surface area contributed by atoms with Crippen LogP contribution in [0.1, 0.15) is 37.0 Å². The van der Waals surface area contributed by atoms with E-state index in [0.29, 0.717) is 5.56 Å². The minimum Gasteiger partial charge on any atom is -0.493 e. The summed E-state index contributed by atoms with van der Waals surface area (Å²) >= 11 is 0. The number of hydrogen-bond acceptors (Lipinski definition) is 9. The van der Waals surface area contributed by atoms with Crippen molar-refractivity contribution < 1.29 is 38.6 Å². The van der Waals surface area contributed by atoms with Gasteiger partial charge in [-0.3, -0.25) is 24.3 Å². The van der Waals surface area contributed by atoms with Crippen molar-refractivity contribution in [2.24, 2.45) is 5.92 Å². The van der Waals surface area contributed by atoms with Crippen LogP contribution in [0.3, 0.4) is 0 Å². The van der Waals surface area contributed by atoms with Gasteiger partial charge in [0.15, 0.2) is 11.5 Å². The van der Waals surface area contributed by atoms with Gasteiger partial charge in [0.05, 0.1) is 26.8 Å². The lowest BCUT2D eigenvalue weighted by Crippen LogP contribution is -2.56. The number of carbonyl (C=O) groups excluding carboxylic acids is 5. The first-order valence-corrected chi connectivity index (χ1v) is 14.7.